The Bertz CT molecular complexity index is 2740. The first-order valence-electron chi connectivity index (χ1n) is 16.4. The molecular formula is C46H30N2. The predicted octanol–water partition coefficient (Wildman–Crippen LogP) is 12.3. The Labute approximate surface area is 279 Å². The minimum atomic E-state index is -0.0152. The first-order valence-corrected chi connectivity index (χ1v) is 16.4. The van der Waals surface area contributed by atoms with Gasteiger partial charge in [0.15, 0.2) is 0 Å². The Morgan fingerprint density at radius 2 is 0.875 bits per heavy atom. The van der Waals surface area contributed by atoms with Crippen LogP contribution in [0.2, 0.25) is 0 Å². The topological polar surface area (TPSA) is 47.6 Å². The van der Waals surface area contributed by atoms with Crippen LogP contribution in [0.1, 0.15) is 37.5 Å². The summed E-state index contributed by atoms with van der Waals surface area (Å²) >= 11 is 0. The largest absolute Gasteiger partial charge is 0.192 e. The summed E-state index contributed by atoms with van der Waals surface area (Å²) in [5, 5.41) is 28.8. The first-order chi connectivity index (χ1) is 23.3. The second kappa shape index (κ2) is 10.1. The molecule has 0 aromatic heterocycles. The number of fused-ring (bicyclic) bond motifs is 8. The monoisotopic (exact) mass is 610 g/mol. The Morgan fingerprint density at radius 1 is 0.417 bits per heavy atom. The van der Waals surface area contributed by atoms with Gasteiger partial charge >= 0.3 is 0 Å². The quantitative estimate of drug-likeness (QED) is 0.183. The molecule has 0 heterocycles. The van der Waals surface area contributed by atoms with Gasteiger partial charge in [-0.3, -0.25) is 0 Å². The average molecular weight is 611 g/mol. The molecule has 224 valence electrons. The highest BCUT2D eigenvalue weighted by atomic mass is 14.3. The van der Waals surface area contributed by atoms with Gasteiger partial charge in [0.2, 0.25) is 0 Å². The van der Waals surface area contributed by atoms with Crippen molar-refractivity contribution in [3.05, 3.63) is 144 Å². The lowest BCUT2D eigenvalue weighted by molar-refractivity contribution is 0.591. The van der Waals surface area contributed by atoms with E-state index in [2.05, 4.69) is 136 Å². The van der Waals surface area contributed by atoms with Crippen LogP contribution in [0.4, 0.5) is 0 Å². The maximum Gasteiger partial charge on any atom is 0.0991 e. The summed E-state index contributed by atoms with van der Waals surface area (Å²) in [6.45, 7) is 6.77. The van der Waals surface area contributed by atoms with Gasteiger partial charge in [-0.15, -0.1) is 0 Å². The van der Waals surface area contributed by atoms with Crippen LogP contribution in [-0.2, 0) is 5.41 Å². The van der Waals surface area contributed by atoms with Crippen molar-refractivity contribution in [1.82, 2.24) is 0 Å². The molecule has 0 unspecified atom stereocenters. The molecular weight excluding hydrogens is 581 g/mol. The van der Waals surface area contributed by atoms with E-state index in [1.165, 1.54) is 70.9 Å². The zero-order valence-electron chi connectivity index (χ0n) is 27.0. The number of hydrogen-bond acceptors (Lipinski definition) is 2. The Hall–Kier alpha value is -6.22. The summed E-state index contributed by atoms with van der Waals surface area (Å²) in [4.78, 5) is 0. The van der Waals surface area contributed by atoms with Crippen molar-refractivity contribution < 1.29 is 0 Å². The van der Waals surface area contributed by atoms with Crippen molar-refractivity contribution in [3.8, 4) is 56.6 Å². The zero-order chi connectivity index (χ0) is 32.7. The second-order valence-corrected chi connectivity index (χ2v) is 14.0. The third kappa shape index (κ3) is 4.10. The molecule has 48 heavy (non-hydrogen) atoms. The van der Waals surface area contributed by atoms with Crippen LogP contribution >= 0.6 is 0 Å². The van der Waals surface area contributed by atoms with Crippen LogP contribution in [0.15, 0.2) is 127 Å². The van der Waals surface area contributed by atoms with Gasteiger partial charge in [0.1, 0.15) is 0 Å². The van der Waals surface area contributed by atoms with E-state index >= 15 is 0 Å². The smallest absolute Gasteiger partial charge is 0.0991 e. The second-order valence-electron chi connectivity index (χ2n) is 14.0. The van der Waals surface area contributed by atoms with Gasteiger partial charge in [-0.25, -0.2) is 0 Å². The van der Waals surface area contributed by atoms with E-state index in [4.69, 9.17) is 0 Å². The van der Waals surface area contributed by atoms with Crippen LogP contribution in [0, 0.1) is 22.7 Å². The lowest BCUT2D eigenvalue weighted by atomic mass is 9.82. The van der Waals surface area contributed by atoms with Crippen molar-refractivity contribution in [1.29, 1.82) is 10.5 Å². The van der Waals surface area contributed by atoms with Crippen molar-refractivity contribution in [3.63, 3.8) is 0 Å². The van der Waals surface area contributed by atoms with Crippen LogP contribution in [0.3, 0.4) is 0 Å². The minimum absolute atomic E-state index is 0.0152. The van der Waals surface area contributed by atoms with E-state index in [1.54, 1.807) is 0 Å². The highest BCUT2D eigenvalue weighted by Crippen LogP contribution is 2.51. The molecule has 8 aromatic rings. The molecule has 0 saturated carbocycles. The molecule has 2 heteroatoms. The van der Waals surface area contributed by atoms with E-state index in [9.17, 15) is 10.5 Å². The van der Waals surface area contributed by atoms with Crippen LogP contribution in [0.5, 0.6) is 0 Å². The highest BCUT2D eigenvalue weighted by molar-refractivity contribution is 6.27. The fraction of sp³-hybridized carbons (Fsp3) is 0.0870. The molecule has 0 radical (unpaired) electrons. The lowest BCUT2D eigenvalue weighted by Gasteiger charge is -2.22. The van der Waals surface area contributed by atoms with Crippen molar-refractivity contribution in [2.45, 2.75) is 26.2 Å². The summed E-state index contributed by atoms with van der Waals surface area (Å²) in [7, 11) is 0. The number of nitrogens with zero attached hydrogens (tertiary/aromatic N) is 2. The fourth-order valence-electron chi connectivity index (χ4n) is 7.72. The van der Waals surface area contributed by atoms with Gasteiger partial charge in [-0.2, -0.15) is 10.5 Å². The molecule has 0 amide bonds. The van der Waals surface area contributed by atoms with Gasteiger partial charge in [0, 0.05) is 0 Å². The van der Waals surface area contributed by atoms with Gasteiger partial charge in [-0.1, -0.05) is 93.6 Å². The summed E-state index contributed by atoms with van der Waals surface area (Å²) < 4.78 is 0. The first kappa shape index (κ1) is 28.0. The van der Waals surface area contributed by atoms with E-state index in [-0.39, 0.29) is 5.41 Å². The van der Waals surface area contributed by atoms with Gasteiger partial charge in [0.05, 0.1) is 23.3 Å². The summed E-state index contributed by atoms with van der Waals surface area (Å²) in [6.07, 6.45) is 0. The summed E-state index contributed by atoms with van der Waals surface area (Å²) in [6, 6.07) is 50.2. The van der Waals surface area contributed by atoms with E-state index in [0.717, 1.165) is 22.3 Å². The minimum Gasteiger partial charge on any atom is -0.192 e. The van der Waals surface area contributed by atoms with Gasteiger partial charge in [-0.05, 0) is 153 Å². The number of rotatable bonds is 2. The van der Waals surface area contributed by atoms with Gasteiger partial charge in [0.25, 0.3) is 0 Å². The number of hydrogen-bond donors (Lipinski definition) is 0. The Morgan fingerprint density at radius 3 is 1.40 bits per heavy atom. The third-order valence-electron chi connectivity index (χ3n) is 10.2. The van der Waals surface area contributed by atoms with Crippen LogP contribution in [0.25, 0.3) is 87.6 Å². The molecule has 0 fully saturated rings. The van der Waals surface area contributed by atoms with Crippen LogP contribution in [-0.4, -0.2) is 0 Å². The molecule has 9 rings (SSSR count). The van der Waals surface area contributed by atoms with Crippen molar-refractivity contribution in [2.75, 3.05) is 0 Å². The van der Waals surface area contributed by atoms with Crippen LogP contribution < -0.4 is 0 Å². The average Bonchev–Trinajstić information content (AvgIpc) is 3.43. The van der Waals surface area contributed by atoms with Crippen molar-refractivity contribution in [2.24, 2.45) is 0 Å². The molecule has 1 aliphatic rings. The number of benzene rings is 8. The SMILES string of the molecule is CC(C)(C)c1ccc2c(c1)c(-c1ccc(C#N)cc1)cc1c3cc4c(cc3c(-c3ccc(C#N)cc3)cc21)-c1cccc2cccc-4c12. The van der Waals surface area contributed by atoms with E-state index in [1.807, 2.05) is 24.3 Å². The predicted molar refractivity (Wildman–Crippen MR) is 200 cm³/mol. The summed E-state index contributed by atoms with van der Waals surface area (Å²) in [5.74, 6) is 0. The summed E-state index contributed by atoms with van der Waals surface area (Å²) in [5.41, 5.74) is 12.1. The molecule has 0 saturated heterocycles. The molecule has 2 nitrogen and oxygen atoms in total. The van der Waals surface area contributed by atoms with E-state index in [0.29, 0.717) is 11.1 Å². The Kier molecular flexibility index (Phi) is 5.92. The maximum atomic E-state index is 9.56. The Balaban J connectivity index is 1.45. The number of nitriles is 2. The normalized spacial score (nSPS) is 12.0. The fourth-order valence-corrected chi connectivity index (χ4v) is 7.72. The zero-order valence-corrected chi connectivity index (χ0v) is 27.0. The standard InChI is InChI=1S/C46H30N2/c1-46(2,3)32-18-19-33-38(20-32)36(29-14-10-27(25-47)11-15-29)22-43-39(33)21-37(30-16-12-28(26-48)13-17-30)42-23-40-34-8-4-6-31-7-5-9-35(45(31)34)41(40)24-44(42)43/h4-24H,1-3H3. The molecule has 0 spiro atoms. The third-order valence-corrected chi connectivity index (χ3v) is 10.2. The van der Waals surface area contributed by atoms with Gasteiger partial charge < -0.3 is 0 Å². The highest BCUT2D eigenvalue weighted by Gasteiger charge is 2.24. The molecule has 0 atom stereocenters. The molecule has 0 aliphatic heterocycles. The maximum absolute atomic E-state index is 9.56. The molecule has 1 aliphatic carbocycles. The molecule has 8 aromatic carbocycles. The van der Waals surface area contributed by atoms with Crippen molar-refractivity contribution >= 4 is 43.1 Å². The molecule has 0 bridgehead atoms. The molecule has 0 N–H and O–H groups in total. The van der Waals surface area contributed by atoms with E-state index < -0.39 is 0 Å². The lowest BCUT2D eigenvalue weighted by Crippen LogP contribution is -2.10.